The maximum Gasteiger partial charge on any atom is 0.321 e. The molecular weight excluding hydrogens is 430 g/mol. The summed E-state index contributed by atoms with van der Waals surface area (Å²) >= 11 is 0. The topological polar surface area (TPSA) is 73.7 Å². The number of anilines is 1. The van der Waals surface area contributed by atoms with E-state index >= 15 is 0 Å². The van der Waals surface area contributed by atoms with E-state index in [0.29, 0.717) is 11.7 Å². The molecule has 0 radical (unpaired) electrons. The lowest BCUT2D eigenvalue weighted by atomic mass is 9.88. The van der Waals surface area contributed by atoms with E-state index in [4.69, 9.17) is 14.5 Å². The summed E-state index contributed by atoms with van der Waals surface area (Å²) in [6, 6.07) is 24.1. The van der Waals surface area contributed by atoms with E-state index in [2.05, 4.69) is 0 Å². The van der Waals surface area contributed by atoms with Crippen LogP contribution in [-0.2, 0) is 20.9 Å². The molecule has 0 N–H and O–H groups in total. The molecule has 4 aromatic rings. The van der Waals surface area contributed by atoms with E-state index in [0.717, 1.165) is 22.2 Å². The molecular formula is C27H25N3O4. The first-order valence-corrected chi connectivity index (χ1v) is 11.3. The molecule has 1 aliphatic heterocycles. The number of hydrogen-bond donors (Lipinski definition) is 0. The molecule has 7 heteroatoms. The number of nitrogens with zero attached hydrogens (tertiary/aromatic N) is 3. The number of carbonyl (C=O) groups is 2. The zero-order valence-electron chi connectivity index (χ0n) is 19.0. The molecule has 2 atom stereocenters. The number of carbonyl (C=O) groups excluding carboxylic acids is 2. The van der Waals surface area contributed by atoms with Gasteiger partial charge in [0.25, 0.3) is 0 Å². The third kappa shape index (κ3) is 3.59. The molecule has 3 aromatic carbocycles. The van der Waals surface area contributed by atoms with Gasteiger partial charge in [0.15, 0.2) is 5.92 Å². The molecule has 2 unspecified atom stereocenters. The quantitative estimate of drug-likeness (QED) is 0.319. The Bertz CT molecular complexity index is 1350. The fourth-order valence-electron chi connectivity index (χ4n) is 4.65. The molecule has 7 nitrogen and oxygen atoms in total. The van der Waals surface area contributed by atoms with E-state index in [1.165, 1.54) is 0 Å². The van der Waals surface area contributed by atoms with Crippen LogP contribution in [0.25, 0.3) is 11.0 Å². The number of aromatic nitrogens is 2. The van der Waals surface area contributed by atoms with Crippen LogP contribution in [0.4, 0.5) is 5.95 Å². The van der Waals surface area contributed by atoms with Crippen molar-refractivity contribution in [3.05, 3.63) is 90.0 Å². The lowest BCUT2D eigenvalue weighted by Gasteiger charge is -2.38. The Morgan fingerprint density at radius 2 is 1.68 bits per heavy atom. The number of rotatable bonds is 6. The second kappa shape index (κ2) is 9.02. The summed E-state index contributed by atoms with van der Waals surface area (Å²) in [5.74, 6) is -0.919. The van der Waals surface area contributed by atoms with Gasteiger partial charge in [-0.25, -0.2) is 4.98 Å². The van der Waals surface area contributed by atoms with Crippen LogP contribution >= 0.6 is 0 Å². The number of imidazole rings is 1. The van der Waals surface area contributed by atoms with Crippen molar-refractivity contribution in [2.45, 2.75) is 19.5 Å². The Hall–Kier alpha value is -4.13. The fraction of sp³-hybridized carbons (Fsp3) is 0.222. The minimum atomic E-state index is -1.09. The highest BCUT2D eigenvalue weighted by molar-refractivity contribution is 6.08. The molecule has 0 spiro atoms. The van der Waals surface area contributed by atoms with E-state index < -0.39 is 17.9 Å². The van der Waals surface area contributed by atoms with Crippen molar-refractivity contribution in [1.29, 1.82) is 0 Å². The number of hydrogen-bond acceptors (Lipinski definition) is 5. The summed E-state index contributed by atoms with van der Waals surface area (Å²) in [7, 11) is 1.58. The van der Waals surface area contributed by atoms with Crippen LogP contribution in [0.5, 0.6) is 5.75 Å². The number of benzene rings is 3. The monoisotopic (exact) mass is 455 g/mol. The van der Waals surface area contributed by atoms with E-state index in [1.807, 2.05) is 83.4 Å². The average Bonchev–Trinajstić information content (AvgIpc) is 3.25. The molecule has 0 saturated heterocycles. The molecule has 2 heterocycles. The molecule has 172 valence electrons. The Balaban J connectivity index is 1.78. The maximum atomic E-state index is 14.0. The Kier molecular flexibility index (Phi) is 5.76. The molecule has 0 bridgehead atoms. The lowest BCUT2D eigenvalue weighted by Crippen LogP contribution is -2.49. The van der Waals surface area contributed by atoms with Gasteiger partial charge in [0.05, 0.1) is 37.3 Å². The van der Waals surface area contributed by atoms with Gasteiger partial charge in [-0.15, -0.1) is 0 Å². The van der Waals surface area contributed by atoms with Crippen molar-refractivity contribution in [1.82, 2.24) is 9.55 Å². The van der Waals surface area contributed by atoms with Crippen LogP contribution < -0.4 is 9.64 Å². The standard InChI is InChI=1S/C27H25N3O4/c1-3-34-26(32)23-24(19-13-7-10-16-22(19)33-2)30-21-15-9-8-14-20(21)28-27(30)29(25(23)31)17-18-11-5-4-6-12-18/h4-16,23-24H,3,17H2,1-2H3. The summed E-state index contributed by atoms with van der Waals surface area (Å²) in [4.78, 5) is 33.7. The minimum absolute atomic E-state index is 0.178. The van der Waals surface area contributed by atoms with Crippen LogP contribution in [0.3, 0.4) is 0 Å². The lowest BCUT2D eigenvalue weighted by molar-refractivity contribution is -0.153. The number of fused-ring (bicyclic) bond motifs is 3. The van der Waals surface area contributed by atoms with Crippen molar-refractivity contribution in [3.8, 4) is 5.75 Å². The number of methoxy groups -OCH3 is 1. The van der Waals surface area contributed by atoms with Crippen molar-refractivity contribution < 1.29 is 19.1 Å². The molecule has 0 aliphatic carbocycles. The van der Waals surface area contributed by atoms with Crippen molar-refractivity contribution in [2.75, 3.05) is 18.6 Å². The van der Waals surface area contributed by atoms with Gasteiger partial charge in [-0.3, -0.25) is 14.5 Å². The first-order valence-electron chi connectivity index (χ1n) is 11.3. The van der Waals surface area contributed by atoms with Gasteiger partial charge in [-0.2, -0.15) is 0 Å². The number of amides is 1. The van der Waals surface area contributed by atoms with Crippen LogP contribution in [-0.4, -0.2) is 35.1 Å². The molecule has 1 aliphatic rings. The van der Waals surface area contributed by atoms with Crippen LogP contribution in [0.15, 0.2) is 78.9 Å². The predicted octanol–water partition coefficient (Wildman–Crippen LogP) is 4.36. The van der Waals surface area contributed by atoms with Gasteiger partial charge in [0, 0.05) is 5.56 Å². The Morgan fingerprint density at radius 1 is 0.971 bits per heavy atom. The summed E-state index contributed by atoms with van der Waals surface area (Å²) < 4.78 is 13.0. The number of ether oxygens (including phenoxy) is 2. The minimum Gasteiger partial charge on any atom is -0.496 e. The van der Waals surface area contributed by atoms with Crippen molar-refractivity contribution in [3.63, 3.8) is 0 Å². The third-order valence-corrected chi connectivity index (χ3v) is 6.13. The van der Waals surface area contributed by atoms with Crippen LogP contribution in [0, 0.1) is 5.92 Å². The summed E-state index contributed by atoms with van der Waals surface area (Å²) in [5.41, 5.74) is 3.23. The normalized spacial score (nSPS) is 17.5. The Labute approximate surface area is 197 Å². The highest BCUT2D eigenvalue weighted by atomic mass is 16.5. The second-order valence-corrected chi connectivity index (χ2v) is 8.10. The maximum absolute atomic E-state index is 14.0. The zero-order valence-corrected chi connectivity index (χ0v) is 19.0. The summed E-state index contributed by atoms with van der Waals surface area (Å²) in [5, 5.41) is 0. The SMILES string of the molecule is CCOC(=O)C1C(=O)N(Cc2ccccc2)c2nc3ccccc3n2C1c1ccccc1OC. The Morgan fingerprint density at radius 3 is 2.44 bits per heavy atom. The average molecular weight is 456 g/mol. The van der Waals surface area contributed by atoms with Gasteiger partial charge in [-0.1, -0.05) is 60.7 Å². The predicted molar refractivity (Wildman–Crippen MR) is 129 cm³/mol. The second-order valence-electron chi connectivity index (χ2n) is 8.10. The van der Waals surface area contributed by atoms with Gasteiger partial charge in [0.1, 0.15) is 5.75 Å². The molecule has 1 aromatic heterocycles. The largest absolute Gasteiger partial charge is 0.496 e. The molecule has 0 saturated carbocycles. The summed E-state index contributed by atoms with van der Waals surface area (Å²) in [6.07, 6.45) is 0. The zero-order chi connectivity index (χ0) is 23.7. The number of para-hydroxylation sites is 3. The molecule has 5 rings (SSSR count). The van der Waals surface area contributed by atoms with Gasteiger partial charge in [-0.05, 0) is 30.7 Å². The number of esters is 1. The first-order chi connectivity index (χ1) is 16.6. The first kappa shape index (κ1) is 21.7. The van der Waals surface area contributed by atoms with E-state index in [9.17, 15) is 9.59 Å². The van der Waals surface area contributed by atoms with E-state index in [-0.39, 0.29) is 19.1 Å². The van der Waals surface area contributed by atoms with Crippen molar-refractivity contribution in [2.24, 2.45) is 5.92 Å². The summed E-state index contributed by atoms with van der Waals surface area (Å²) in [6.45, 7) is 2.21. The smallest absolute Gasteiger partial charge is 0.321 e. The highest BCUT2D eigenvalue weighted by Gasteiger charge is 2.48. The van der Waals surface area contributed by atoms with Gasteiger partial charge >= 0.3 is 5.97 Å². The molecule has 0 fully saturated rings. The highest BCUT2D eigenvalue weighted by Crippen LogP contribution is 2.44. The van der Waals surface area contributed by atoms with Crippen LogP contribution in [0.2, 0.25) is 0 Å². The fourth-order valence-corrected chi connectivity index (χ4v) is 4.65. The molecule has 1 amide bonds. The third-order valence-electron chi connectivity index (χ3n) is 6.13. The van der Waals surface area contributed by atoms with Gasteiger partial charge < -0.3 is 14.0 Å². The van der Waals surface area contributed by atoms with E-state index in [1.54, 1.807) is 18.9 Å². The van der Waals surface area contributed by atoms with Crippen molar-refractivity contribution >= 4 is 28.9 Å². The van der Waals surface area contributed by atoms with Gasteiger partial charge in [0.2, 0.25) is 11.9 Å². The molecule has 34 heavy (non-hydrogen) atoms. The van der Waals surface area contributed by atoms with Crippen LogP contribution in [0.1, 0.15) is 24.1 Å².